The molecule has 0 spiro atoms. The Morgan fingerprint density at radius 1 is 0.800 bits per heavy atom. The Bertz CT molecular complexity index is 164. The van der Waals surface area contributed by atoms with Crippen LogP contribution in [-0.2, 0) is 0 Å². The van der Waals surface area contributed by atoms with Crippen LogP contribution in [0, 0.1) is 0 Å². The fraction of sp³-hybridized carbons (Fsp3) is 0. The lowest BCUT2D eigenvalue weighted by molar-refractivity contribution is 0.451. The van der Waals surface area contributed by atoms with Crippen molar-refractivity contribution >= 4 is 58.0 Å². The molecular weight excluding hydrogens is 241 g/mol. The number of aliphatic hydroxyl groups is 1. The maximum absolute atomic E-state index is 8.52. The van der Waals surface area contributed by atoms with Crippen LogP contribution in [0.1, 0.15) is 0 Å². The Labute approximate surface area is 82.8 Å². The average Bonchev–Trinajstić information content (AvgIpc) is 1.84. The van der Waals surface area contributed by atoms with E-state index < -0.39 is 5.22 Å². The van der Waals surface area contributed by atoms with Gasteiger partial charge in [-0.25, -0.2) is 0 Å². The molecule has 0 fully saturated rings. The van der Waals surface area contributed by atoms with Crippen molar-refractivity contribution in [1.29, 1.82) is 0 Å². The van der Waals surface area contributed by atoms with Crippen LogP contribution in [0.5, 0.6) is 0 Å². The van der Waals surface area contributed by atoms with E-state index in [4.69, 9.17) is 63.1 Å². The molecule has 0 aliphatic heterocycles. The zero-order chi connectivity index (χ0) is 8.31. The molecule has 0 saturated heterocycles. The number of hydrogen-bond donors (Lipinski definition) is 1. The second-order valence-corrected chi connectivity index (χ2v) is 3.24. The van der Waals surface area contributed by atoms with Gasteiger partial charge in [-0.2, -0.15) is 0 Å². The SMILES string of the molecule is OC(Cl)=C(Cl)C(Cl)=C(Cl)Cl. The number of rotatable bonds is 1. The van der Waals surface area contributed by atoms with Crippen molar-refractivity contribution in [3.05, 3.63) is 19.8 Å². The van der Waals surface area contributed by atoms with Crippen molar-refractivity contribution in [3.63, 3.8) is 0 Å². The second kappa shape index (κ2) is 4.58. The highest BCUT2D eigenvalue weighted by molar-refractivity contribution is 6.62. The fourth-order valence-electron chi connectivity index (χ4n) is 0.174. The van der Waals surface area contributed by atoms with Crippen molar-refractivity contribution in [2.24, 2.45) is 0 Å². The highest BCUT2D eigenvalue weighted by Crippen LogP contribution is 2.29. The van der Waals surface area contributed by atoms with Crippen molar-refractivity contribution in [1.82, 2.24) is 0 Å². The maximum Gasteiger partial charge on any atom is 0.205 e. The monoisotopic (exact) mass is 240 g/mol. The first-order chi connectivity index (χ1) is 4.46. The molecule has 0 atom stereocenters. The molecule has 1 nitrogen and oxygen atoms in total. The van der Waals surface area contributed by atoms with E-state index in [9.17, 15) is 0 Å². The topological polar surface area (TPSA) is 20.2 Å². The Kier molecular flexibility index (Phi) is 4.91. The van der Waals surface area contributed by atoms with Crippen LogP contribution in [0.2, 0.25) is 0 Å². The summed E-state index contributed by atoms with van der Waals surface area (Å²) in [7, 11) is 0. The molecule has 1 N–H and O–H groups in total. The van der Waals surface area contributed by atoms with E-state index in [1.54, 1.807) is 0 Å². The molecule has 0 aliphatic carbocycles. The van der Waals surface area contributed by atoms with Gasteiger partial charge in [0.25, 0.3) is 0 Å². The van der Waals surface area contributed by atoms with E-state index in [1.165, 1.54) is 0 Å². The van der Waals surface area contributed by atoms with Crippen LogP contribution in [0.15, 0.2) is 19.8 Å². The van der Waals surface area contributed by atoms with Crippen molar-refractivity contribution in [2.75, 3.05) is 0 Å². The third kappa shape index (κ3) is 3.22. The van der Waals surface area contributed by atoms with Crippen LogP contribution in [-0.4, -0.2) is 5.11 Å². The van der Waals surface area contributed by atoms with Gasteiger partial charge in [0, 0.05) is 0 Å². The Balaban J connectivity index is 4.71. The van der Waals surface area contributed by atoms with Gasteiger partial charge in [0.1, 0.15) is 9.52 Å². The van der Waals surface area contributed by atoms with Gasteiger partial charge in [-0.15, -0.1) is 0 Å². The van der Waals surface area contributed by atoms with Gasteiger partial charge in [0.15, 0.2) is 0 Å². The van der Waals surface area contributed by atoms with Crippen molar-refractivity contribution in [2.45, 2.75) is 0 Å². The van der Waals surface area contributed by atoms with Crippen LogP contribution in [0.25, 0.3) is 0 Å². The molecule has 58 valence electrons. The van der Waals surface area contributed by atoms with Crippen LogP contribution in [0.3, 0.4) is 0 Å². The van der Waals surface area contributed by atoms with Gasteiger partial charge in [-0.05, 0) is 11.6 Å². The molecule has 0 aliphatic rings. The lowest BCUT2D eigenvalue weighted by Crippen LogP contribution is -1.77. The van der Waals surface area contributed by atoms with E-state index in [-0.39, 0.29) is 14.6 Å². The molecule has 0 aromatic rings. The predicted octanol–water partition coefficient (Wildman–Crippen LogP) is 4.08. The smallest absolute Gasteiger partial charge is 0.205 e. The summed E-state index contributed by atoms with van der Waals surface area (Å²) in [4.78, 5) is 0. The summed E-state index contributed by atoms with van der Waals surface area (Å²) in [5, 5.41) is 7.41. The molecular formula is C4HCl5O. The summed E-state index contributed by atoms with van der Waals surface area (Å²) in [6, 6.07) is 0. The fourth-order valence-corrected chi connectivity index (χ4v) is 0.786. The van der Waals surface area contributed by atoms with Crippen LogP contribution < -0.4 is 0 Å². The molecule has 0 unspecified atom stereocenters. The minimum absolute atomic E-state index is 0.183. The van der Waals surface area contributed by atoms with Gasteiger partial charge in [0.05, 0.1) is 5.03 Å². The summed E-state index contributed by atoms with van der Waals surface area (Å²) < 4.78 is -0.251. The normalized spacial score (nSPS) is 12.5. The summed E-state index contributed by atoms with van der Waals surface area (Å²) >= 11 is 26.1. The van der Waals surface area contributed by atoms with E-state index in [0.29, 0.717) is 0 Å². The Morgan fingerprint density at radius 2 is 1.20 bits per heavy atom. The Hall–Kier alpha value is 0.730. The predicted molar refractivity (Wildman–Crippen MR) is 45.9 cm³/mol. The standard InChI is InChI=1S/C4HCl5O/c5-1(3(7)8)2(6)4(9)10/h10H. The van der Waals surface area contributed by atoms with Gasteiger partial charge in [0.2, 0.25) is 5.22 Å². The largest absolute Gasteiger partial charge is 0.497 e. The van der Waals surface area contributed by atoms with Crippen LogP contribution >= 0.6 is 58.0 Å². The van der Waals surface area contributed by atoms with E-state index in [1.807, 2.05) is 0 Å². The summed E-state index contributed by atoms with van der Waals surface area (Å²) in [6.45, 7) is 0. The average molecular weight is 242 g/mol. The number of aliphatic hydroxyl groups excluding tert-OH is 1. The number of allylic oxidation sites excluding steroid dienone is 2. The lowest BCUT2D eigenvalue weighted by atomic mass is 10.6. The summed E-state index contributed by atoms with van der Waals surface area (Å²) in [5.74, 6) is 0. The molecule has 0 heterocycles. The molecule has 0 rings (SSSR count). The quantitative estimate of drug-likeness (QED) is 0.542. The van der Waals surface area contributed by atoms with Crippen LogP contribution in [0.4, 0.5) is 0 Å². The first-order valence-corrected chi connectivity index (χ1v) is 3.81. The zero-order valence-corrected chi connectivity index (χ0v) is 8.12. The zero-order valence-electron chi connectivity index (χ0n) is 4.34. The molecule has 0 amide bonds. The molecule has 0 bridgehead atoms. The van der Waals surface area contributed by atoms with E-state index >= 15 is 0 Å². The molecule has 6 heteroatoms. The number of hydrogen-bond acceptors (Lipinski definition) is 1. The first-order valence-electron chi connectivity index (χ1n) is 1.92. The molecule has 0 radical (unpaired) electrons. The Morgan fingerprint density at radius 3 is 1.30 bits per heavy atom. The van der Waals surface area contributed by atoms with E-state index in [0.717, 1.165) is 0 Å². The van der Waals surface area contributed by atoms with Gasteiger partial charge in [-0.3, -0.25) is 0 Å². The summed E-state index contributed by atoms with van der Waals surface area (Å²) in [5.41, 5.74) is 0. The summed E-state index contributed by atoms with van der Waals surface area (Å²) in [6.07, 6.45) is 0. The highest BCUT2D eigenvalue weighted by Gasteiger charge is 2.07. The molecule has 0 saturated carbocycles. The maximum atomic E-state index is 8.52. The third-order valence-corrected chi connectivity index (χ3v) is 2.24. The number of halogens is 5. The molecule has 10 heavy (non-hydrogen) atoms. The highest BCUT2D eigenvalue weighted by atomic mass is 35.5. The minimum Gasteiger partial charge on any atom is -0.497 e. The molecule has 0 aromatic carbocycles. The first kappa shape index (κ1) is 10.7. The van der Waals surface area contributed by atoms with Gasteiger partial charge >= 0.3 is 0 Å². The van der Waals surface area contributed by atoms with E-state index in [2.05, 4.69) is 0 Å². The lowest BCUT2D eigenvalue weighted by Gasteiger charge is -1.94. The molecule has 0 aromatic heterocycles. The third-order valence-electron chi connectivity index (χ3n) is 0.540. The van der Waals surface area contributed by atoms with Gasteiger partial charge < -0.3 is 5.11 Å². The van der Waals surface area contributed by atoms with Crippen molar-refractivity contribution < 1.29 is 5.11 Å². The van der Waals surface area contributed by atoms with Gasteiger partial charge in [-0.1, -0.05) is 46.4 Å². The van der Waals surface area contributed by atoms with Crippen molar-refractivity contribution in [3.8, 4) is 0 Å². The minimum atomic E-state index is -0.648. The second-order valence-electron chi connectivity index (χ2n) is 1.18.